The SMILES string of the molecule is O=C(/C=C/c1csc(/C=C2\Oc3ccccc3NC2=O)c1)NCc1ccccn1. The average molecular weight is 403 g/mol. The van der Waals surface area contributed by atoms with Crippen LogP contribution in [0.4, 0.5) is 5.69 Å². The van der Waals surface area contributed by atoms with Crippen molar-refractivity contribution in [3.8, 4) is 5.75 Å². The summed E-state index contributed by atoms with van der Waals surface area (Å²) >= 11 is 1.46. The molecule has 0 radical (unpaired) electrons. The first kappa shape index (κ1) is 18.6. The van der Waals surface area contributed by atoms with Crippen LogP contribution in [0, 0.1) is 0 Å². The van der Waals surface area contributed by atoms with Crippen molar-refractivity contribution in [2.45, 2.75) is 6.54 Å². The number of benzene rings is 1. The molecule has 29 heavy (non-hydrogen) atoms. The van der Waals surface area contributed by atoms with Gasteiger partial charge in [-0.25, -0.2) is 0 Å². The van der Waals surface area contributed by atoms with Gasteiger partial charge in [-0.05, 0) is 47.4 Å². The number of carbonyl (C=O) groups is 2. The molecule has 3 aromatic rings. The molecule has 0 unspecified atom stereocenters. The number of rotatable bonds is 5. The molecule has 7 heteroatoms. The topological polar surface area (TPSA) is 80.3 Å². The van der Waals surface area contributed by atoms with E-state index < -0.39 is 0 Å². The van der Waals surface area contributed by atoms with Gasteiger partial charge in [0, 0.05) is 23.2 Å². The molecule has 4 rings (SSSR count). The summed E-state index contributed by atoms with van der Waals surface area (Å²) in [5.74, 6) is 0.352. The minimum absolute atomic E-state index is 0.201. The zero-order valence-electron chi connectivity index (χ0n) is 15.3. The number of nitrogens with one attached hydrogen (secondary N) is 2. The van der Waals surface area contributed by atoms with Crippen LogP contribution in [-0.4, -0.2) is 16.8 Å². The van der Waals surface area contributed by atoms with E-state index in [4.69, 9.17) is 4.74 Å². The van der Waals surface area contributed by atoms with Gasteiger partial charge in [0.15, 0.2) is 11.5 Å². The predicted molar refractivity (Wildman–Crippen MR) is 113 cm³/mol. The highest BCUT2D eigenvalue weighted by Crippen LogP contribution is 2.31. The largest absolute Gasteiger partial charge is 0.449 e. The fourth-order valence-electron chi connectivity index (χ4n) is 2.67. The molecule has 0 fully saturated rings. The third-order valence-electron chi connectivity index (χ3n) is 4.09. The summed E-state index contributed by atoms with van der Waals surface area (Å²) in [6.45, 7) is 0.374. The molecular formula is C22H17N3O3S. The van der Waals surface area contributed by atoms with Crippen LogP contribution in [0.25, 0.3) is 12.2 Å². The molecule has 2 aromatic heterocycles. The van der Waals surface area contributed by atoms with Gasteiger partial charge >= 0.3 is 0 Å². The summed E-state index contributed by atoms with van der Waals surface area (Å²) < 4.78 is 5.70. The van der Waals surface area contributed by atoms with Gasteiger partial charge in [0.2, 0.25) is 5.91 Å². The minimum atomic E-state index is -0.289. The van der Waals surface area contributed by atoms with Crippen LogP contribution in [0.2, 0.25) is 0 Å². The number of hydrogen-bond donors (Lipinski definition) is 2. The van der Waals surface area contributed by atoms with Gasteiger partial charge in [0.05, 0.1) is 17.9 Å². The van der Waals surface area contributed by atoms with E-state index >= 15 is 0 Å². The molecule has 0 aliphatic carbocycles. The first-order valence-electron chi connectivity index (χ1n) is 8.92. The fourth-order valence-corrected chi connectivity index (χ4v) is 3.47. The molecular weight excluding hydrogens is 386 g/mol. The van der Waals surface area contributed by atoms with Crippen molar-refractivity contribution in [3.05, 3.63) is 88.1 Å². The fraction of sp³-hybridized carbons (Fsp3) is 0.0455. The highest BCUT2D eigenvalue weighted by molar-refractivity contribution is 7.11. The maximum absolute atomic E-state index is 12.2. The van der Waals surface area contributed by atoms with Gasteiger partial charge in [0.1, 0.15) is 0 Å². The van der Waals surface area contributed by atoms with E-state index in [1.54, 1.807) is 30.5 Å². The van der Waals surface area contributed by atoms with Crippen molar-refractivity contribution in [3.63, 3.8) is 0 Å². The van der Waals surface area contributed by atoms with Crippen LogP contribution >= 0.6 is 11.3 Å². The smallest absolute Gasteiger partial charge is 0.291 e. The lowest BCUT2D eigenvalue weighted by Gasteiger charge is -2.19. The van der Waals surface area contributed by atoms with Crippen LogP contribution in [0.1, 0.15) is 16.1 Å². The summed E-state index contributed by atoms with van der Waals surface area (Å²) in [6.07, 6.45) is 6.58. The number of carbonyl (C=O) groups excluding carboxylic acids is 2. The predicted octanol–water partition coefficient (Wildman–Crippen LogP) is 3.84. The first-order valence-corrected chi connectivity index (χ1v) is 9.79. The van der Waals surface area contributed by atoms with Gasteiger partial charge in [-0.15, -0.1) is 11.3 Å². The Morgan fingerprint density at radius 2 is 2.07 bits per heavy atom. The summed E-state index contributed by atoms with van der Waals surface area (Å²) in [5.41, 5.74) is 2.32. The number of fused-ring (bicyclic) bond motifs is 1. The number of nitrogens with zero attached hydrogens (tertiary/aromatic N) is 1. The Kier molecular flexibility index (Phi) is 5.49. The van der Waals surface area contributed by atoms with Crippen LogP contribution < -0.4 is 15.4 Å². The van der Waals surface area contributed by atoms with Crippen LogP contribution in [-0.2, 0) is 16.1 Å². The molecule has 0 spiro atoms. The Hall–Kier alpha value is -3.71. The van der Waals surface area contributed by atoms with Gasteiger partial charge in [0.25, 0.3) is 5.91 Å². The molecule has 0 saturated carbocycles. The summed E-state index contributed by atoms with van der Waals surface area (Å²) in [4.78, 5) is 29.2. The highest BCUT2D eigenvalue weighted by atomic mass is 32.1. The third-order valence-corrected chi connectivity index (χ3v) is 4.99. The lowest BCUT2D eigenvalue weighted by molar-refractivity contribution is -0.116. The molecule has 0 bridgehead atoms. The molecule has 1 aliphatic rings. The molecule has 6 nitrogen and oxygen atoms in total. The molecule has 1 aromatic carbocycles. The van der Waals surface area contributed by atoms with Crippen molar-refractivity contribution in [1.82, 2.24) is 10.3 Å². The number of thiophene rings is 1. The van der Waals surface area contributed by atoms with E-state index in [0.29, 0.717) is 18.0 Å². The first-order chi connectivity index (χ1) is 14.2. The Balaban J connectivity index is 1.38. The highest BCUT2D eigenvalue weighted by Gasteiger charge is 2.21. The molecule has 2 N–H and O–H groups in total. The van der Waals surface area contributed by atoms with Gasteiger partial charge in [-0.1, -0.05) is 18.2 Å². The van der Waals surface area contributed by atoms with Crippen molar-refractivity contribution >= 4 is 41.0 Å². The second-order valence-corrected chi connectivity index (χ2v) is 7.16. The summed E-state index contributed by atoms with van der Waals surface area (Å²) in [5, 5.41) is 7.50. The van der Waals surface area contributed by atoms with Crippen LogP contribution in [0.3, 0.4) is 0 Å². The average Bonchev–Trinajstić information content (AvgIpc) is 3.19. The second kappa shape index (κ2) is 8.53. The van der Waals surface area contributed by atoms with E-state index in [9.17, 15) is 9.59 Å². The Bertz CT molecular complexity index is 1100. The standard InChI is InChI=1S/C22H17N3O3S/c26-21(24-13-16-5-3-4-10-23-16)9-8-15-11-17(29-14-15)12-20-22(27)25-18-6-1-2-7-19(18)28-20/h1-12,14H,13H2,(H,24,26)(H,25,27)/b9-8+,20-12-. The second-order valence-electron chi connectivity index (χ2n) is 6.22. The van der Waals surface area contributed by atoms with E-state index in [2.05, 4.69) is 15.6 Å². The Morgan fingerprint density at radius 3 is 2.93 bits per heavy atom. The zero-order chi connectivity index (χ0) is 20.1. The molecule has 0 saturated heterocycles. The molecule has 3 heterocycles. The number of aromatic nitrogens is 1. The lowest BCUT2D eigenvalue weighted by atomic mass is 10.2. The molecule has 2 amide bonds. The van der Waals surface area contributed by atoms with Gasteiger partial charge < -0.3 is 15.4 Å². The number of para-hydroxylation sites is 2. The maximum atomic E-state index is 12.2. The lowest BCUT2D eigenvalue weighted by Crippen LogP contribution is -2.23. The van der Waals surface area contributed by atoms with Gasteiger partial charge in [-0.3, -0.25) is 14.6 Å². The van der Waals surface area contributed by atoms with Gasteiger partial charge in [-0.2, -0.15) is 0 Å². The van der Waals surface area contributed by atoms with Crippen molar-refractivity contribution in [2.75, 3.05) is 5.32 Å². The van der Waals surface area contributed by atoms with Crippen LogP contribution in [0.15, 0.2) is 71.9 Å². The van der Waals surface area contributed by atoms with E-state index in [0.717, 1.165) is 16.1 Å². The number of amides is 2. The molecule has 144 valence electrons. The maximum Gasteiger partial charge on any atom is 0.291 e. The van der Waals surface area contributed by atoms with Crippen molar-refractivity contribution in [1.29, 1.82) is 0 Å². The van der Waals surface area contributed by atoms with E-state index in [1.165, 1.54) is 17.4 Å². The Labute approximate surface area is 171 Å². The van der Waals surface area contributed by atoms with Crippen molar-refractivity contribution < 1.29 is 14.3 Å². The molecule has 0 atom stereocenters. The summed E-state index contributed by atoms with van der Waals surface area (Å²) in [6, 6.07) is 14.7. The van der Waals surface area contributed by atoms with Crippen LogP contribution in [0.5, 0.6) is 5.75 Å². The third kappa shape index (κ3) is 4.77. The van der Waals surface area contributed by atoms with E-state index in [-0.39, 0.29) is 17.6 Å². The number of ether oxygens (including phenoxy) is 1. The number of pyridine rings is 1. The normalized spacial score (nSPS) is 14.3. The molecule has 1 aliphatic heterocycles. The quantitative estimate of drug-likeness (QED) is 0.634. The van der Waals surface area contributed by atoms with E-state index in [1.807, 2.05) is 41.8 Å². The van der Waals surface area contributed by atoms with Crippen molar-refractivity contribution in [2.24, 2.45) is 0 Å². The monoisotopic (exact) mass is 403 g/mol. The minimum Gasteiger partial charge on any atom is -0.449 e. The zero-order valence-corrected chi connectivity index (χ0v) is 16.1. The Morgan fingerprint density at radius 1 is 1.21 bits per heavy atom. The number of anilines is 1. The number of hydrogen-bond acceptors (Lipinski definition) is 5. The summed E-state index contributed by atoms with van der Waals surface area (Å²) in [7, 11) is 0.